The molecule has 1 unspecified atom stereocenters. The molecule has 0 aromatic heterocycles. The first-order chi connectivity index (χ1) is 8.97. The molecule has 19 heavy (non-hydrogen) atoms. The second-order valence-corrected chi connectivity index (χ2v) is 6.19. The van der Waals surface area contributed by atoms with Crippen molar-refractivity contribution in [3.05, 3.63) is 0 Å². The number of amides is 2. The molecule has 2 aliphatic rings. The molecule has 2 amide bonds. The maximum Gasteiger partial charge on any atom is 0.319 e. The highest BCUT2D eigenvalue weighted by atomic mass is 16.4. The highest BCUT2D eigenvalue weighted by Crippen LogP contribution is 2.34. The molecule has 0 saturated heterocycles. The van der Waals surface area contributed by atoms with Crippen molar-refractivity contribution in [2.24, 2.45) is 17.8 Å². The molecule has 0 heterocycles. The van der Waals surface area contributed by atoms with Crippen LogP contribution in [-0.2, 0) is 4.79 Å². The molecular weight excluding hydrogens is 244 g/mol. The number of rotatable bonds is 7. The molecule has 0 radical (unpaired) electrons. The summed E-state index contributed by atoms with van der Waals surface area (Å²) >= 11 is 0. The average molecular weight is 268 g/mol. The lowest BCUT2D eigenvalue weighted by Gasteiger charge is -2.29. The molecule has 0 aromatic rings. The largest absolute Gasteiger partial charge is 0.481 e. The van der Waals surface area contributed by atoms with E-state index in [4.69, 9.17) is 5.11 Å². The van der Waals surface area contributed by atoms with Crippen molar-refractivity contribution in [2.45, 2.75) is 32.6 Å². The number of urea groups is 1. The molecule has 2 fully saturated rings. The topological polar surface area (TPSA) is 60.9 Å². The lowest BCUT2D eigenvalue weighted by atomic mass is 10.2. The van der Waals surface area contributed by atoms with Gasteiger partial charge in [0.05, 0.1) is 5.92 Å². The van der Waals surface area contributed by atoms with E-state index in [-0.39, 0.29) is 12.6 Å². The maximum atomic E-state index is 12.4. The zero-order chi connectivity index (χ0) is 14.0. The van der Waals surface area contributed by atoms with Crippen LogP contribution in [0.1, 0.15) is 32.6 Å². The summed E-state index contributed by atoms with van der Waals surface area (Å²) in [4.78, 5) is 26.7. The van der Waals surface area contributed by atoms with Gasteiger partial charge in [-0.2, -0.15) is 0 Å². The molecule has 5 heteroatoms. The highest BCUT2D eigenvalue weighted by molar-refractivity contribution is 5.76. The summed E-state index contributed by atoms with van der Waals surface area (Å²) in [5.41, 5.74) is 0. The Bertz CT molecular complexity index is 337. The van der Waals surface area contributed by atoms with E-state index in [1.165, 1.54) is 25.7 Å². The predicted octanol–water partition coefficient (Wildman–Crippen LogP) is 1.88. The smallest absolute Gasteiger partial charge is 0.319 e. The van der Waals surface area contributed by atoms with E-state index in [1.54, 1.807) is 18.9 Å². The van der Waals surface area contributed by atoms with Gasteiger partial charge in [-0.05, 0) is 37.5 Å². The Morgan fingerprint density at radius 3 is 2.00 bits per heavy atom. The third kappa shape index (κ3) is 4.40. The van der Waals surface area contributed by atoms with Crippen LogP contribution in [0.4, 0.5) is 4.79 Å². The zero-order valence-corrected chi connectivity index (χ0v) is 11.8. The van der Waals surface area contributed by atoms with Gasteiger partial charge in [0.1, 0.15) is 0 Å². The summed E-state index contributed by atoms with van der Waals surface area (Å²) < 4.78 is 0. The number of hydrogen-bond donors (Lipinski definition) is 1. The molecule has 5 nitrogen and oxygen atoms in total. The molecular formula is C14H24N2O3. The van der Waals surface area contributed by atoms with E-state index in [9.17, 15) is 9.59 Å². The molecule has 2 saturated carbocycles. The van der Waals surface area contributed by atoms with E-state index in [0.717, 1.165) is 13.1 Å². The molecule has 0 aromatic carbocycles. The maximum absolute atomic E-state index is 12.4. The second kappa shape index (κ2) is 5.80. The monoisotopic (exact) mass is 268 g/mol. The van der Waals surface area contributed by atoms with Crippen molar-refractivity contribution >= 4 is 12.0 Å². The number of carboxylic acids is 1. The van der Waals surface area contributed by atoms with Crippen LogP contribution in [0, 0.1) is 17.8 Å². The predicted molar refractivity (Wildman–Crippen MR) is 71.8 cm³/mol. The number of hydrogen-bond acceptors (Lipinski definition) is 2. The third-order valence-corrected chi connectivity index (χ3v) is 3.92. The Hall–Kier alpha value is -1.26. The molecule has 0 spiro atoms. The molecule has 2 aliphatic carbocycles. The van der Waals surface area contributed by atoms with Gasteiger partial charge < -0.3 is 14.9 Å². The van der Waals surface area contributed by atoms with E-state index in [0.29, 0.717) is 11.8 Å². The number of carbonyl (C=O) groups excluding carboxylic acids is 1. The summed E-state index contributed by atoms with van der Waals surface area (Å²) in [6, 6.07) is -0.00750. The number of carbonyl (C=O) groups is 2. The normalized spacial score (nSPS) is 19.9. The van der Waals surface area contributed by atoms with Crippen LogP contribution in [0.15, 0.2) is 0 Å². The average Bonchev–Trinajstić information content (AvgIpc) is 3.21. The summed E-state index contributed by atoms with van der Waals surface area (Å²) in [6.07, 6.45) is 4.90. The van der Waals surface area contributed by atoms with Gasteiger partial charge in [-0.25, -0.2) is 4.79 Å². The Kier molecular flexibility index (Phi) is 4.32. The van der Waals surface area contributed by atoms with Crippen LogP contribution in [-0.4, -0.2) is 53.6 Å². The Labute approximate surface area is 114 Å². The second-order valence-electron chi connectivity index (χ2n) is 6.19. The standard InChI is InChI=1S/C14H24N2O3/c1-10(13(17)18)7-15(2)14(19)16(8-11-3-4-11)9-12-5-6-12/h10-12H,3-9H2,1-2H3,(H,17,18). The SMILES string of the molecule is CC(CN(C)C(=O)N(CC1CC1)CC1CC1)C(=O)O. The van der Waals surface area contributed by atoms with Gasteiger partial charge in [0.2, 0.25) is 0 Å². The van der Waals surface area contributed by atoms with Gasteiger partial charge in [0.25, 0.3) is 0 Å². The fourth-order valence-corrected chi connectivity index (χ4v) is 2.26. The minimum Gasteiger partial charge on any atom is -0.481 e. The number of aliphatic carboxylic acids is 1. The number of nitrogens with zero attached hydrogens (tertiary/aromatic N) is 2. The summed E-state index contributed by atoms with van der Waals surface area (Å²) in [5.74, 6) is -0.0192. The Morgan fingerprint density at radius 1 is 1.16 bits per heavy atom. The first-order valence-electron chi connectivity index (χ1n) is 7.20. The van der Waals surface area contributed by atoms with Gasteiger partial charge in [-0.1, -0.05) is 6.92 Å². The van der Waals surface area contributed by atoms with Crippen LogP contribution < -0.4 is 0 Å². The minimum absolute atomic E-state index is 0.00750. The van der Waals surface area contributed by atoms with Crippen molar-refractivity contribution in [3.63, 3.8) is 0 Å². The van der Waals surface area contributed by atoms with Crippen LogP contribution in [0.5, 0.6) is 0 Å². The first-order valence-corrected chi connectivity index (χ1v) is 7.20. The first kappa shape index (κ1) is 14.2. The van der Waals surface area contributed by atoms with E-state index in [2.05, 4.69) is 0 Å². The molecule has 108 valence electrons. The van der Waals surface area contributed by atoms with Crippen molar-refractivity contribution in [1.82, 2.24) is 9.80 Å². The van der Waals surface area contributed by atoms with E-state index < -0.39 is 11.9 Å². The fourth-order valence-electron chi connectivity index (χ4n) is 2.26. The molecule has 1 atom stereocenters. The van der Waals surface area contributed by atoms with Crippen molar-refractivity contribution < 1.29 is 14.7 Å². The van der Waals surface area contributed by atoms with E-state index in [1.807, 2.05) is 4.90 Å². The van der Waals surface area contributed by atoms with Crippen molar-refractivity contribution in [1.29, 1.82) is 0 Å². The van der Waals surface area contributed by atoms with Gasteiger partial charge in [-0.3, -0.25) is 4.79 Å². The molecule has 2 rings (SSSR count). The third-order valence-electron chi connectivity index (χ3n) is 3.92. The van der Waals surface area contributed by atoms with Gasteiger partial charge in [-0.15, -0.1) is 0 Å². The number of carboxylic acid groups (broad SMARTS) is 1. The molecule has 1 N–H and O–H groups in total. The van der Waals surface area contributed by atoms with Crippen LogP contribution in [0.2, 0.25) is 0 Å². The quantitative estimate of drug-likeness (QED) is 0.767. The Balaban J connectivity index is 1.86. The Morgan fingerprint density at radius 2 is 1.63 bits per heavy atom. The summed E-state index contributed by atoms with van der Waals surface area (Å²) in [7, 11) is 1.70. The van der Waals surface area contributed by atoms with Crippen molar-refractivity contribution in [3.8, 4) is 0 Å². The minimum atomic E-state index is -0.851. The van der Waals surface area contributed by atoms with Crippen LogP contribution in [0.3, 0.4) is 0 Å². The summed E-state index contributed by atoms with van der Waals surface area (Å²) in [6.45, 7) is 3.61. The van der Waals surface area contributed by atoms with Gasteiger partial charge in [0.15, 0.2) is 0 Å². The van der Waals surface area contributed by atoms with Crippen LogP contribution >= 0.6 is 0 Å². The fraction of sp³-hybridized carbons (Fsp3) is 0.857. The van der Waals surface area contributed by atoms with E-state index >= 15 is 0 Å². The van der Waals surface area contributed by atoms with Crippen molar-refractivity contribution in [2.75, 3.05) is 26.7 Å². The molecule has 0 aliphatic heterocycles. The van der Waals surface area contributed by atoms with Gasteiger partial charge in [0, 0.05) is 26.7 Å². The highest BCUT2D eigenvalue weighted by Gasteiger charge is 2.33. The lowest BCUT2D eigenvalue weighted by molar-refractivity contribution is -0.141. The zero-order valence-electron chi connectivity index (χ0n) is 11.8. The summed E-state index contributed by atoms with van der Waals surface area (Å²) in [5, 5.41) is 8.91. The van der Waals surface area contributed by atoms with Crippen LogP contribution in [0.25, 0.3) is 0 Å². The lowest BCUT2D eigenvalue weighted by Crippen LogP contribution is -2.45. The van der Waals surface area contributed by atoms with Gasteiger partial charge >= 0.3 is 12.0 Å². The molecule has 0 bridgehead atoms.